The van der Waals surface area contributed by atoms with Crippen molar-refractivity contribution in [2.24, 2.45) is 0 Å². The second-order valence-corrected chi connectivity index (χ2v) is 2.94. The molecule has 0 radical (unpaired) electrons. The lowest BCUT2D eigenvalue weighted by Crippen LogP contribution is -2.15. The molecule has 3 heteroatoms. The summed E-state index contributed by atoms with van der Waals surface area (Å²) in [5.41, 5.74) is 1.48. The molecule has 1 aliphatic heterocycles. The quantitative estimate of drug-likeness (QED) is 0.711. The SMILES string of the molecule is COc1ccc2c(c1)C(=N)CCO2. The Bertz CT molecular complexity index is 347. The van der Waals surface area contributed by atoms with Gasteiger partial charge in [-0.25, -0.2) is 0 Å². The van der Waals surface area contributed by atoms with Crippen molar-refractivity contribution in [2.45, 2.75) is 6.42 Å². The summed E-state index contributed by atoms with van der Waals surface area (Å²) in [4.78, 5) is 0. The number of fused-ring (bicyclic) bond motifs is 1. The minimum absolute atomic E-state index is 0.609. The van der Waals surface area contributed by atoms with Gasteiger partial charge in [-0.05, 0) is 18.2 Å². The van der Waals surface area contributed by atoms with Gasteiger partial charge in [0.25, 0.3) is 0 Å². The third-order valence-electron chi connectivity index (χ3n) is 2.12. The second-order valence-electron chi connectivity index (χ2n) is 2.94. The van der Waals surface area contributed by atoms with Gasteiger partial charge in [-0.3, -0.25) is 0 Å². The molecule has 0 unspecified atom stereocenters. The third-order valence-corrected chi connectivity index (χ3v) is 2.12. The Morgan fingerprint density at radius 2 is 2.31 bits per heavy atom. The molecule has 0 atom stereocenters. The first kappa shape index (κ1) is 8.10. The van der Waals surface area contributed by atoms with Crippen molar-refractivity contribution >= 4 is 5.71 Å². The molecule has 0 aliphatic carbocycles. The number of methoxy groups -OCH3 is 1. The van der Waals surface area contributed by atoms with Gasteiger partial charge in [0.15, 0.2) is 0 Å². The summed E-state index contributed by atoms with van der Waals surface area (Å²) in [6, 6.07) is 5.54. The molecule has 68 valence electrons. The molecule has 1 heterocycles. The molecular formula is C10H11NO2. The maximum absolute atomic E-state index is 7.71. The van der Waals surface area contributed by atoms with Crippen LogP contribution in [0.5, 0.6) is 11.5 Å². The molecule has 1 N–H and O–H groups in total. The first-order valence-electron chi connectivity index (χ1n) is 4.20. The van der Waals surface area contributed by atoms with Crippen molar-refractivity contribution in [3.63, 3.8) is 0 Å². The van der Waals surface area contributed by atoms with E-state index < -0.39 is 0 Å². The minimum Gasteiger partial charge on any atom is -0.497 e. The number of nitrogens with one attached hydrogen (secondary N) is 1. The van der Waals surface area contributed by atoms with E-state index in [2.05, 4.69) is 0 Å². The summed E-state index contributed by atoms with van der Waals surface area (Å²) in [7, 11) is 1.62. The highest BCUT2D eigenvalue weighted by Crippen LogP contribution is 2.28. The zero-order chi connectivity index (χ0) is 9.26. The lowest BCUT2D eigenvalue weighted by atomic mass is 10.0. The number of benzene rings is 1. The van der Waals surface area contributed by atoms with E-state index in [0.717, 1.165) is 17.1 Å². The maximum Gasteiger partial charge on any atom is 0.128 e. The fourth-order valence-corrected chi connectivity index (χ4v) is 1.40. The van der Waals surface area contributed by atoms with Gasteiger partial charge in [-0.15, -0.1) is 0 Å². The lowest BCUT2D eigenvalue weighted by molar-refractivity contribution is 0.319. The van der Waals surface area contributed by atoms with Crippen LogP contribution in [0.4, 0.5) is 0 Å². The van der Waals surface area contributed by atoms with Crippen molar-refractivity contribution in [3.8, 4) is 11.5 Å². The predicted molar refractivity (Wildman–Crippen MR) is 49.9 cm³/mol. The number of rotatable bonds is 1. The smallest absolute Gasteiger partial charge is 0.128 e. The van der Waals surface area contributed by atoms with E-state index in [1.807, 2.05) is 18.2 Å². The monoisotopic (exact) mass is 177 g/mol. The van der Waals surface area contributed by atoms with Crippen LogP contribution in [0.1, 0.15) is 12.0 Å². The Kier molecular flexibility index (Phi) is 1.93. The van der Waals surface area contributed by atoms with Crippen molar-refractivity contribution < 1.29 is 9.47 Å². The molecule has 3 nitrogen and oxygen atoms in total. The van der Waals surface area contributed by atoms with Crippen LogP contribution in [-0.2, 0) is 0 Å². The highest BCUT2D eigenvalue weighted by Gasteiger charge is 2.15. The van der Waals surface area contributed by atoms with Crippen molar-refractivity contribution in [2.75, 3.05) is 13.7 Å². The lowest BCUT2D eigenvalue weighted by Gasteiger charge is -2.18. The predicted octanol–water partition coefficient (Wildman–Crippen LogP) is 1.85. The summed E-state index contributed by atoms with van der Waals surface area (Å²) in [5, 5.41) is 7.71. The van der Waals surface area contributed by atoms with Crippen molar-refractivity contribution in [3.05, 3.63) is 23.8 Å². The van der Waals surface area contributed by atoms with Gasteiger partial charge in [0, 0.05) is 17.7 Å². The van der Waals surface area contributed by atoms with E-state index in [4.69, 9.17) is 14.9 Å². The largest absolute Gasteiger partial charge is 0.497 e. The first-order valence-corrected chi connectivity index (χ1v) is 4.20. The van der Waals surface area contributed by atoms with Crippen LogP contribution < -0.4 is 9.47 Å². The Balaban J connectivity index is 2.47. The topological polar surface area (TPSA) is 42.3 Å². The van der Waals surface area contributed by atoms with E-state index in [-0.39, 0.29) is 0 Å². The van der Waals surface area contributed by atoms with Gasteiger partial charge in [-0.2, -0.15) is 0 Å². The first-order chi connectivity index (χ1) is 6.31. The van der Waals surface area contributed by atoms with Gasteiger partial charge >= 0.3 is 0 Å². The molecule has 0 spiro atoms. The van der Waals surface area contributed by atoms with Gasteiger partial charge in [-0.1, -0.05) is 0 Å². The molecule has 0 saturated carbocycles. The van der Waals surface area contributed by atoms with Gasteiger partial charge in [0.1, 0.15) is 11.5 Å². The molecule has 2 rings (SSSR count). The second kappa shape index (κ2) is 3.09. The third kappa shape index (κ3) is 1.37. The van der Waals surface area contributed by atoms with E-state index in [1.54, 1.807) is 7.11 Å². The maximum atomic E-state index is 7.71. The van der Waals surface area contributed by atoms with E-state index in [9.17, 15) is 0 Å². The van der Waals surface area contributed by atoms with Crippen LogP contribution in [0.15, 0.2) is 18.2 Å². The summed E-state index contributed by atoms with van der Waals surface area (Å²) in [6.45, 7) is 0.609. The fraction of sp³-hybridized carbons (Fsp3) is 0.300. The highest BCUT2D eigenvalue weighted by atomic mass is 16.5. The van der Waals surface area contributed by atoms with Crippen LogP contribution in [-0.4, -0.2) is 19.4 Å². The Hall–Kier alpha value is -1.51. The summed E-state index contributed by atoms with van der Waals surface area (Å²) in [5.74, 6) is 1.56. The minimum atomic E-state index is 0.609. The van der Waals surface area contributed by atoms with Gasteiger partial charge in [0.2, 0.25) is 0 Å². The summed E-state index contributed by atoms with van der Waals surface area (Å²) >= 11 is 0. The number of hydrogen-bond acceptors (Lipinski definition) is 3. The molecule has 1 aliphatic rings. The zero-order valence-corrected chi connectivity index (χ0v) is 7.46. The average Bonchev–Trinajstić information content (AvgIpc) is 2.18. The molecule has 0 aromatic heterocycles. The molecule has 0 saturated heterocycles. The zero-order valence-electron chi connectivity index (χ0n) is 7.46. The van der Waals surface area contributed by atoms with E-state index in [1.165, 1.54) is 0 Å². The highest BCUT2D eigenvalue weighted by molar-refractivity contribution is 6.01. The Morgan fingerprint density at radius 1 is 1.46 bits per heavy atom. The van der Waals surface area contributed by atoms with E-state index >= 15 is 0 Å². The number of hydrogen-bond donors (Lipinski definition) is 1. The van der Waals surface area contributed by atoms with Crippen LogP contribution in [0.3, 0.4) is 0 Å². The standard InChI is InChI=1S/C10H11NO2/c1-12-7-2-3-10-8(6-7)9(11)4-5-13-10/h2-3,6,11H,4-5H2,1H3. The van der Waals surface area contributed by atoms with Crippen LogP contribution in [0, 0.1) is 5.41 Å². The molecular weight excluding hydrogens is 166 g/mol. The Labute approximate surface area is 76.8 Å². The summed E-state index contributed by atoms with van der Waals surface area (Å²) in [6.07, 6.45) is 0.681. The number of ether oxygens (including phenoxy) is 2. The normalized spacial score (nSPS) is 14.7. The van der Waals surface area contributed by atoms with Gasteiger partial charge < -0.3 is 14.9 Å². The van der Waals surface area contributed by atoms with Crippen molar-refractivity contribution in [1.82, 2.24) is 0 Å². The summed E-state index contributed by atoms with van der Waals surface area (Å²) < 4.78 is 10.5. The van der Waals surface area contributed by atoms with Gasteiger partial charge in [0.05, 0.1) is 13.7 Å². The molecule has 0 fully saturated rings. The fourth-order valence-electron chi connectivity index (χ4n) is 1.40. The molecule has 1 aromatic carbocycles. The van der Waals surface area contributed by atoms with Crippen molar-refractivity contribution in [1.29, 1.82) is 5.41 Å². The molecule has 13 heavy (non-hydrogen) atoms. The van der Waals surface area contributed by atoms with Crippen LogP contribution >= 0.6 is 0 Å². The van der Waals surface area contributed by atoms with E-state index in [0.29, 0.717) is 18.7 Å². The van der Waals surface area contributed by atoms with Crippen LogP contribution in [0.2, 0.25) is 0 Å². The van der Waals surface area contributed by atoms with Crippen LogP contribution in [0.25, 0.3) is 0 Å². The Morgan fingerprint density at radius 3 is 3.08 bits per heavy atom. The molecule has 1 aromatic rings. The average molecular weight is 177 g/mol. The molecule has 0 amide bonds. The molecule has 0 bridgehead atoms.